The Morgan fingerprint density at radius 3 is 2.68 bits per heavy atom. The number of ether oxygens (including phenoxy) is 3. The molecule has 0 radical (unpaired) electrons. The molecule has 1 aliphatic heterocycles. The number of fused-ring (bicyclic) bond motifs is 2. The van der Waals surface area contributed by atoms with Gasteiger partial charge in [-0.3, -0.25) is 0 Å². The lowest BCUT2D eigenvalue weighted by atomic mass is 10.0. The van der Waals surface area contributed by atoms with Crippen molar-refractivity contribution >= 4 is 56.0 Å². The van der Waals surface area contributed by atoms with E-state index in [0.29, 0.717) is 63.7 Å². The number of carbonyl (C=O) groups is 1. The van der Waals surface area contributed by atoms with Crippen molar-refractivity contribution in [3.8, 4) is 11.5 Å². The van der Waals surface area contributed by atoms with Gasteiger partial charge in [0.1, 0.15) is 12.1 Å². The molecule has 3 aromatic rings. The first-order valence-corrected chi connectivity index (χ1v) is 13.3. The molecular formula is C26H27BrClFN4O4. The second-order valence-electron chi connectivity index (χ2n) is 9.36. The Morgan fingerprint density at radius 2 is 1.97 bits per heavy atom. The quantitative estimate of drug-likeness (QED) is 0.316. The molecule has 1 aliphatic carbocycles. The zero-order valence-electron chi connectivity index (χ0n) is 20.5. The van der Waals surface area contributed by atoms with E-state index in [1.54, 1.807) is 25.3 Å². The van der Waals surface area contributed by atoms with Gasteiger partial charge < -0.3 is 24.4 Å². The molecule has 5 rings (SSSR count). The topological polar surface area (TPSA) is 85.8 Å². The van der Waals surface area contributed by atoms with Crippen LogP contribution in [0.1, 0.15) is 19.8 Å². The number of hydrogen-bond donors (Lipinski definition) is 1. The van der Waals surface area contributed by atoms with Crippen LogP contribution in [0.15, 0.2) is 35.1 Å². The molecule has 1 amide bonds. The number of hydrogen-bond acceptors (Lipinski definition) is 7. The maximum Gasteiger partial charge on any atom is 0.409 e. The number of methoxy groups -OCH3 is 1. The van der Waals surface area contributed by atoms with E-state index in [1.807, 2.05) is 17.9 Å². The summed E-state index contributed by atoms with van der Waals surface area (Å²) in [6, 6.07) is 6.84. The monoisotopic (exact) mass is 592 g/mol. The molecule has 2 fully saturated rings. The molecule has 2 aliphatic rings. The summed E-state index contributed by atoms with van der Waals surface area (Å²) in [4.78, 5) is 22.5. The fourth-order valence-electron chi connectivity index (χ4n) is 5.32. The molecule has 2 heterocycles. The third-order valence-electron chi connectivity index (χ3n) is 7.06. The van der Waals surface area contributed by atoms with Gasteiger partial charge in [-0.05, 0) is 71.6 Å². The number of nitrogens with one attached hydrogen (secondary N) is 1. The normalized spacial score (nSPS) is 20.7. The Kier molecular flexibility index (Phi) is 7.57. The lowest BCUT2D eigenvalue weighted by Crippen LogP contribution is -2.30. The Bertz CT molecular complexity index is 1320. The van der Waals surface area contributed by atoms with E-state index in [0.717, 1.165) is 25.9 Å². The first kappa shape index (κ1) is 25.8. The molecule has 11 heteroatoms. The lowest BCUT2D eigenvalue weighted by Gasteiger charge is -2.19. The van der Waals surface area contributed by atoms with Crippen LogP contribution in [0.25, 0.3) is 10.9 Å². The fourth-order valence-corrected chi connectivity index (χ4v) is 5.79. The highest BCUT2D eigenvalue weighted by Gasteiger charge is 2.43. The standard InChI is InChI=1S/C26H27BrClFN4O4/c1-3-36-26(34)33-10-15-6-14(7-16(15)11-33)12-37-22-9-20-17(8-21(22)35-2)25(31-13-30-20)32-19-5-4-18(27)23(28)24(19)29/h4-5,8-9,13-16H,3,6-7,10-12H2,1-2H3,(H,30,31,32)/t14-,15-,16+. The van der Waals surface area contributed by atoms with Crippen LogP contribution in [-0.4, -0.2) is 54.4 Å². The summed E-state index contributed by atoms with van der Waals surface area (Å²) in [7, 11) is 1.57. The zero-order valence-corrected chi connectivity index (χ0v) is 22.8. The second kappa shape index (κ2) is 10.9. The molecule has 1 saturated heterocycles. The minimum Gasteiger partial charge on any atom is -0.493 e. The Labute approximate surface area is 227 Å². The van der Waals surface area contributed by atoms with E-state index in [-0.39, 0.29) is 16.8 Å². The van der Waals surface area contributed by atoms with Crippen molar-refractivity contribution in [1.82, 2.24) is 14.9 Å². The largest absolute Gasteiger partial charge is 0.493 e. The van der Waals surface area contributed by atoms with Crippen molar-refractivity contribution in [1.29, 1.82) is 0 Å². The van der Waals surface area contributed by atoms with Gasteiger partial charge in [-0.25, -0.2) is 19.2 Å². The van der Waals surface area contributed by atoms with Crippen LogP contribution in [0.3, 0.4) is 0 Å². The van der Waals surface area contributed by atoms with Gasteiger partial charge in [-0.1, -0.05) is 11.6 Å². The van der Waals surface area contributed by atoms with Crippen molar-refractivity contribution < 1.29 is 23.4 Å². The van der Waals surface area contributed by atoms with Crippen molar-refractivity contribution in [2.45, 2.75) is 19.8 Å². The van der Waals surface area contributed by atoms with E-state index >= 15 is 0 Å². The highest BCUT2D eigenvalue weighted by atomic mass is 79.9. The van der Waals surface area contributed by atoms with Gasteiger partial charge >= 0.3 is 6.09 Å². The lowest BCUT2D eigenvalue weighted by molar-refractivity contribution is 0.111. The Morgan fingerprint density at radius 1 is 1.22 bits per heavy atom. The first-order chi connectivity index (χ1) is 17.9. The van der Waals surface area contributed by atoms with Crippen LogP contribution in [0.5, 0.6) is 11.5 Å². The van der Waals surface area contributed by atoms with E-state index in [2.05, 4.69) is 31.2 Å². The third kappa shape index (κ3) is 5.27. The van der Waals surface area contributed by atoms with Crippen LogP contribution in [0.4, 0.5) is 20.7 Å². The van der Waals surface area contributed by atoms with Crippen LogP contribution >= 0.6 is 27.5 Å². The highest BCUT2D eigenvalue weighted by Crippen LogP contribution is 2.43. The second-order valence-corrected chi connectivity index (χ2v) is 10.6. The molecular weight excluding hydrogens is 567 g/mol. The van der Waals surface area contributed by atoms with Gasteiger partial charge in [0.15, 0.2) is 17.3 Å². The number of benzene rings is 2. The third-order valence-corrected chi connectivity index (χ3v) is 8.32. The molecule has 3 atom stereocenters. The van der Waals surface area contributed by atoms with Crippen LogP contribution < -0.4 is 14.8 Å². The summed E-state index contributed by atoms with van der Waals surface area (Å²) in [5.74, 6) is 2.31. The predicted octanol–water partition coefficient (Wildman–Crippen LogP) is 6.43. The molecule has 1 N–H and O–H groups in total. The van der Waals surface area contributed by atoms with E-state index in [9.17, 15) is 9.18 Å². The van der Waals surface area contributed by atoms with Gasteiger partial charge in [-0.2, -0.15) is 0 Å². The minimum atomic E-state index is -0.582. The molecule has 0 spiro atoms. The van der Waals surface area contributed by atoms with Gasteiger partial charge in [0.2, 0.25) is 0 Å². The van der Waals surface area contributed by atoms with Crippen molar-refractivity contribution in [2.75, 3.05) is 38.7 Å². The summed E-state index contributed by atoms with van der Waals surface area (Å²) in [5, 5.41) is 3.65. The molecule has 37 heavy (non-hydrogen) atoms. The van der Waals surface area contributed by atoms with Gasteiger partial charge in [0.05, 0.1) is 36.6 Å². The summed E-state index contributed by atoms with van der Waals surface area (Å²) < 4.78 is 32.1. The number of likely N-dealkylation sites (tertiary alicyclic amines) is 1. The van der Waals surface area contributed by atoms with Crippen LogP contribution in [0.2, 0.25) is 5.02 Å². The Hall–Kier alpha value is -2.85. The molecule has 2 aromatic carbocycles. The number of halogens is 3. The van der Waals surface area contributed by atoms with Crippen LogP contribution in [-0.2, 0) is 4.74 Å². The predicted molar refractivity (Wildman–Crippen MR) is 142 cm³/mol. The summed E-state index contributed by atoms with van der Waals surface area (Å²) >= 11 is 9.26. The zero-order chi connectivity index (χ0) is 26.1. The number of anilines is 2. The number of carbonyl (C=O) groups excluding carboxylic acids is 1. The molecule has 0 unspecified atom stereocenters. The van der Waals surface area contributed by atoms with E-state index in [1.165, 1.54) is 6.33 Å². The molecule has 196 valence electrons. The van der Waals surface area contributed by atoms with Gasteiger partial charge in [0.25, 0.3) is 0 Å². The number of rotatable bonds is 7. The highest BCUT2D eigenvalue weighted by molar-refractivity contribution is 9.10. The molecule has 1 saturated carbocycles. The summed E-state index contributed by atoms with van der Waals surface area (Å²) in [5.41, 5.74) is 0.825. The van der Waals surface area contributed by atoms with Crippen LogP contribution in [0, 0.1) is 23.6 Å². The fraction of sp³-hybridized carbons (Fsp3) is 0.423. The van der Waals surface area contributed by atoms with Gasteiger partial charge in [-0.15, -0.1) is 0 Å². The first-order valence-electron chi connectivity index (χ1n) is 12.2. The molecule has 1 aromatic heterocycles. The maximum atomic E-state index is 14.6. The maximum absolute atomic E-state index is 14.6. The van der Waals surface area contributed by atoms with Crippen molar-refractivity contribution in [3.63, 3.8) is 0 Å². The number of amides is 1. The number of nitrogens with zero attached hydrogens (tertiary/aromatic N) is 3. The van der Waals surface area contributed by atoms with Gasteiger partial charge in [0, 0.05) is 29.0 Å². The average Bonchev–Trinajstić information content (AvgIpc) is 3.47. The average molecular weight is 594 g/mol. The smallest absolute Gasteiger partial charge is 0.409 e. The van der Waals surface area contributed by atoms with E-state index < -0.39 is 5.82 Å². The Balaban J connectivity index is 1.28. The minimum absolute atomic E-state index is 0.0127. The molecule has 8 nitrogen and oxygen atoms in total. The molecule has 0 bridgehead atoms. The van der Waals surface area contributed by atoms with Crippen molar-refractivity contribution in [2.24, 2.45) is 17.8 Å². The number of aromatic nitrogens is 2. The SMILES string of the molecule is CCOC(=O)N1C[C@H]2C[C@@H](COc3cc4ncnc(Nc5ccc(Br)c(Cl)c5F)c4cc3OC)C[C@H]2C1. The summed E-state index contributed by atoms with van der Waals surface area (Å²) in [6.07, 6.45) is 3.21. The summed E-state index contributed by atoms with van der Waals surface area (Å²) in [6.45, 7) is 4.26. The van der Waals surface area contributed by atoms with E-state index in [4.69, 9.17) is 25.8 Å². The van der Waals surface area contributed by atoms with Crippen molar-refractivity contribution in [3.05, 3.63) is 45.9 Å².